The van der Waals surface area contributed by atoms with Crippen LogP contribution in [0, 0.1) is 30.4 Å². The van der Waals surface area contributed by atoms with E-state index < -0.39 is 80.9 Å². The largest absolute Gasteiger partial charge is 0.396 e. The highest BCUT2D eigenvalue weighted by Gasteiger charge is 2.31. The molecule has 7 N–H and O–H groups in total. The molecular weight excluding hydrogens is 1060 g/mol. The molecule has 4 rings (SSSR count). The molecule has 4 aromatic rings. The van der Waals surface area contributed by atoms with E-state index in [0.717, 1.165) is 19.3 Å². The Morgan fingerprint density at radius 2 is 1.16 bits per heavy atom. The Balaban J connectivity index is 0.000000301. The topological polar surface area (TPSA) is 161 Å². The lowest BCUT2D eigenvalue weighted by Gasteiger charge is -2.28. The van der Waals surface area contributed by atoms with E-state index in [-0.39, 0.29) is 45.6 Å². The number of rotatable bonds is 14. The summed E-state index contributed by atoms with van der Waals surface area (Å²) >= 11 is 27.7. The normalized spacial score (nSPS) is 12.3. The Kier molecular flexibility index (Phi) is 18.4. The minimum absolute atomic E-state index is 0.133. The van der Waals surface area contributed by atoms with Crippen LogP contribution in [0.1, 0.15) is 47.9 Å². The van der Waals surface area contributed by atoms with Crippen LogP contribution >= 0.6 is 91.6 Å². The summed E-state index contributed by atoms with van der Waals surface area (Å²) in [5.41, 5.74) is 1.76. The van der Waals surface area contributed by atoms with Crippen LogP contribution in [-0.4, -0.2) is 58.2 Å². The molecule has 0 aliphatic carbocycles. The van der Waals surface area contributed by atoms with Crippen molar-refractivity contribution in [2.75, 3.05) is 23.8 Å². The van der Waals surface area contributed by atoms with Crippen molar-refractivity contribution >= 4 is 126 Å². The third kappa shape index (κ3) is 12.8. The van der Waals surface area contributed by atoms with Crippen LogP contribution in [0.5, 0.6) is 0 Å². The van der Waals surface area contributed by atoms with Crippen molar-refractivity contribution in [2.45, 2.75) is 45.0 Å². The number of hydrogen-bond donors (Lipinski definition) is 7. The second-order valence-electron chi connectivity index (χ2n) is 12.0. The van der Waals surface area contributed by atoms with Crippen molar-refractivity contribution in [1.82, 2.24) is 11.0 Å². The average Bonchev–Trinajstić information content (AvgIpc) is 3.14. The van der Waals surface area contributed by atoms with Crippen LogP contribution in [-0.2, 0) is 9.68 Å². The molecule has 11 nitrogen and oxygen atoms in total. The zero-order valence-corrected chi connectivity index (χ0v) is 36.5. The monoisotopic (exact) mass is 1090 g/mol. The molecule has 0 saturated heterocycles. The number of nitrogens with one attached hydrogen (secondary N) is 4. The van der Waals surface area contributed by atoms with Gasteiger partial charge in [-0.2, -0.15) is 0 Å². The second kappa shape index (κ2) is 21.5. The molecule has 304 valence electrons. The van der Waals surface area contributed by atoms with Gasteiger partial charge in [0.1, 0.15) is 11.7 Å². The summed E-state index contributed by atoms with van der Waals surface area (Å²) < 4.78 is 58.7. The van der Waals surface area contributed by atoms with Crippen LogP contribution in [0.3, 0.4) is 0 Å². The highest BCUT2D eigenvalue weighted by atomic mass is 127. The third-order valence-corrected chi connectivity index (χ3v) is 9.98. The van der Waals surface area contributed by atoms with E-state index >= 15 is 0 Å². The zero-order chi connectivity index (χ0) is 42.1. The van der Waals surface area contributed by atoms with E-state index in [1.807, 2.05) is 50.7 Å². The minimum atomic E-state index is -1.38. The van der Waals surface area contributed by atoms with E-state index in [1.54, 1.807) is 37.3 Å². The number of halogens is 10. The van der Waals surface area contributed by atoms with Gasteiger partial charge in [0, 0.05) is 13.7 Å². The van der Waals surface area contributed by atoms with Gasteiger partial charge < -0.3 is 26.0 Å². The Morgan fingerprint density at radius 3 is 1.55 bits per heavy atom. The highest BCUT2D eigenvalue weighted by molar-refractivity contribution is 14.1. The van der Waals surface area contributed by atoms with Crippen molar-refractivity contribution in [1.29, 1.82) is 0 Å². The molecule has 0 bridgehead atoms. The molecule has 4 aromatic carbocycles. The maximum atomic E-state index is 14.6. The Labute approximate surface area is 365 Å². The summed E-state index contributed by atoms with van der Waals surface area (Å²) in [6.07, 6.45) is -1.51. The number of hydroxylamine groups is 2. The number of aliphatic hydroxyl groups is 3. The molecular formula is C35H32Cl4F4I2N4O7. The minimum Gasteiger partial charge on any atom is -0.396 e. The molecule has 0 aliphatic heterocycles. The van der Waals surface area contributed by atoms with Gasteiger partial charge in [0.15, 0.2) is 23.3 Å². The van der Waals surface area contributed by atoms with Gasteiger partial charge in [0.2, 0.25) is 0 Å². The van der Waals surface area contributed by atoms with Gasteiger partial charge in [0.05, 0.1) is 66.7 Å². The van der Waals surface area contributed by atoms with E-state index in [0.29, 0.717) is 0 Å². The standard InChI is InChI=1S/C18H17Cl2F2IN2O4.C17H15Cl2F2IN2O3/c1-18(2,13(27)7-26)29-25-17(28)9-6-11(20)14(21)15(22)16(9)24-12-4-3-8(23)5-10(12)19;1-8(4-5-25)27-24-17(26)10-7-12(19)14(20)15(21)16(10)23-13-3-2-9(22)6-11(13)18/h3-6,13,24,26-27H,7H2,1-2H3,(H,25,28);2-3,6-8,23,25H,4-5H2,1H3,(H,24,26). The van der Waals surface area contributed by atoms with Gasteiger partial charge >= 0.3 is 0 Å². The predicted octanol–water partition coefficient (Wildman–Crippen LogP) is 9.47. The number of carbonyl (C=O) groups excluding carboxylic acids is 2. The summed E-state index contributed by atoms with van der Waals surface area (Å²) in [5.74, 6) is -7.16. The Morgan fingerprint density at radius 1 is 0.732 bits per heavy atom. The molecule has 2 atom stereocenters. The lowest BCUT2D eigenvalue weighted by Crippen LogP contribution is -2.46. The molecule has 2 unspecified atom stereocenters. The molecule has 0 heterocycles. The fourth-order valence-electron chi connectivity index (χ4n) is 4.21. The lowest BCUT2D eigenvalue weighted by molar-refractivity contribution is -0.144. The van der Waals surface area contributed by atoms with Crippen molar-refractivity contribution in [3.8, 4) is 0 Å². The quantitative estimate of drug-likeness (QED) is 0.0283. The van der Waals surface area contributed by atoms with E-state index in [1.165, 1.54) is 19.9 Å². The summed E-state index contributed by atoms with van der Waals surface area (Å²) in [6.45, 7) is 3.71. The third-order valence-electron chi connectivity index (χ3n) is 7.47. The molecule has 0 aromatic heterocycles. The van der Waals surface area contributed by atoms with Crippen LogP contribution in [0.4, 0.5) is 40.3 Å². The number of benzene rings is 4. The maximum Gasteiger partial charge on any atom is 0.277 e. The van der Waals surface area contributed by atoms with Gasteiger partial charge in [0.25, 0.3) is 11.8 Å². The summed E-state index contributed by atoms with van der Waals surface area (Å²) in [5, 5.41) is 32.2. The number of amides is 2. The average molecular weight is 1090 g/mol. The Hall–Kier alpha value is -2.44. The van der Waals surface area contributed by atoms with Crippen LogP contribution in [0.15, 0.2) is 48.5 Å². The first-order chi connectivity index (χ1) is 26.2. The molecule has 56 heavy (non-hydrogen) atoms. The first-order valence-corrected chi connectivity index (χ1v) is 19.5. The molecule has 21 heteroatoms. The highest BCUT2D eigenvalue weighted by Crippen LogP contribution is 2.36. The van der Waals surface area contributed by atoms with E-state index in [9.17, 15) is 32.3 Å². The van der Waals surface area contributed by atoms with Gasteiger partial charge in [-0.25, -0.2) is 28.5 Å². The van der Waals surface area contributed by atoms with Crippen molar-refractivity contribution < 1.29 is 52.1 Å². The molecule has 0 aliphatic rings. The van der Waals surface area contributed by atoms with Crippen molar-refractivity contribution in [2.24, 2.45) is 0 Å². The summed E-state index contributed by atoms with van der Waals surface area (Å²) in [4.78, 5) is 35.2. The molecule has 0 saturated carbocycles. The van der Waals surface area contributed by atoms with Crippen LogP contribution in [0.25, 0.3) is 0 Å². The predicted molar refractivity (Wildman–Crippen MR) is 223 cm³/mol. The summed E-state index contributed by atoms with van der Waals surface area (Å²) in [6, 6.07) is 11.6. The van der Waals surface area contributed by atoms with Gasteiger partial charge in [-0.15, -0.1) is 0 Å². The second-order valence-corrected chi connectivity index (χ2v) is 16.1. The SMILES string of the molecule is CC(C)(ONC(=O)c1cc(Cl)c(F)c(F)c1Nc1ccc(I)cc1Cl)C(O)CO.CC(CCO)ONC(=O)c1cc(Cl)c(F)c(F)c1Nc1ccc(I)cc1Cl. The number of hydrogen-bond acceptors (Lipinski definition) is 9. The van der Waals surface area contributed by atoms with Crippen LogP contribution in [0.2, 0.25) is 20.1 Å². The number of anilines is 4. The van der Waals surface area contributed by atoms with Gasteiger partial charge in [-0.1, -0.05) is 46.4 Å². The zero-order valence-electron chi connectivity index (χ0n) is 29.1. The number of aliphatic hydroxyl groups excluding tert-OH is 3. The van der Waals surface area contributed by atoms with Crippen LogP contribution < -0.4 is 21.6 Å². The fourth-order valence-corrected chi connectivity index (χ4v) is 6.40. The fraction of sp³-hybridized carbons (Fsp3) is 0.257. The first-order valence-electron chi connectivity index (χ1n) is 15.9. The van der Waals surface area contributed by atoms with E-state index in [2.05, 4.69) is 16.1 Å². The first kappa shape index (κ1) is 47.9. The molecule has 0 radical (unpaired) electrons. The molecule has 0 fully saturated rings. The van der Waals surface area contributed by atoms with Crippen molar-refractivity contribution in [3.63, 3.8) is 0 Å². The molecule has 0 spiro atoms. The van der Waals surface area contributed by atoms with Crippen molar-refractivity contribution in [3.05, 3.63) is 110 Å². The van der Waals surface area contributed by atoms with Gasteiger partial charge in [-0.05, 0) is 121 Å². The maximum absolute atomic E-state index is 14.6. The lowest BCUT2D eigenvalue weighted by atomic mass is 10.0. The van der Waals surface area contributed by atoms with Gasteiger partial charge in [-0.3, -0.25) is 19.3 Å². The summed E-state index contributed by atoms with van der Waals surface area (Å²) in [7, 11) is 0. The van der Waals surface area contributed by atoms with E-state index in [4.69, 9.17) is 66.3 Å². The molecule has 2 amide bonds. The number of carbonyl (C=O) groups is 2. The smallest absolute Gasteiger partial charge is 0.277 e. The Bertz CT molecular complexity index is 2070.